The second-order valence-corrected chi connectivity index (χ2v) is 3.90. The number of hydrogen-bond donors (Lipinski definition) is 0. The van der Waals surface area contributed by atoms with Gasteiger partial charge in [0.1, 0.15) is 11.9 Å². The Labute approximate surface area is 96.4 Å². The first-order valence-electron chi connectivity index (χ1n) is 5.23. The zero-order chi connectivity index (χ0) is 12.3. The molecule has 0 N–H and O–H groups in total. The third kappa shape index (κ3) is 2.42. The molecule has 16 heavy (non-hydrogen) atoms. The van der Waals surface area contributed by atoms with Gasteiger partial charge in [-0.3, -0.25) is 4.79 Å². The van der Waals surface area contributed by atoms with E-state index in [4.69, 9.17) is 9.47 Å². The molecule has 0 aliphatic carbocycles. The van der Waals surface area contributed by atoms with Gasteiger partial charge < -0.3 is 9.47 Å². The van der Waals surface area contributed by atoms with Crippen LogP contribution in [0.1, 0.15) is 28.4 Å². The maximum Gasteiger partial charge on any atom is 0.195 e. The summed E-state index contributed by atoms with van der Waals surface area (Å²) in [6, 6.07) is 3.83. The summed E-state index contributed by atoms with van der Waals surface area (Å²) < 4.78 is 10.3. The summed E-state index contributed by atoms with van der Waals surface area (Å²) in [5, 5.41) is 0. The van der Waals surface area contributed by atoms with E-state index in [1.807, 2.05) is 26.0 Å². The van der Waals surface area contributed by atoms with E-state index in [0.29, 0.717) is 11.3 Å². The van der Waals surface area contributed by atoms with Gasteiger partial charge in [-0.05, 0) is 38.0 Å². The first-order valence-corrected chi connectivity index (χ1v) is 5.23. The fourth-order valence-electron chi connectivity index (χ4n) is 1.72. The van der Waals surface area contributed by atoms with Crippen LogP contribution >= 0.6 is 0 Å². The molecule has 1 rings (SSSR count). The molecule has 1 aromatic rings. The van der Waals surface area contributed by atoms with Crippen molar-refractivity contribution in [2.75, 3.05) is 14.2 Å². The number of methoxy groups -OCH3 is 2. The van der Waals surface area contributed by atoms with E-state index in [1.54, 1.807) is 14.0 Å². The average Bonchev–Trinajstić information content (AvgIpc) is 2.26. The summed E-state index contributed by atoms with van der Waals surface area (Å²) in [6.45, 7) is 5.62. The summed E-state index contributed by atoms with van der Waals surface area (Å²) in [6.07, 6.45) is -0.449. The number of aryl methyl sites for hydroxylation is 2. The molecular weight excluding hydrogens is 204 g/mol. The summed E-state index contributed by atoms with van der Waals surface area (Å²) in [5.74, 6) is 0.572. The highest BCUT2D eigenvalue weighted by Gasteiger charge is 2.21. The topological polar surface area (TPSA) is 35.5 Å². The summed E-state index contributed by atoms with van der Waals surface area (Å²) in [7, 11) is 3.10. The SMILES string of the molecule is COc1cc(C)cc(C)c1C(=O)C(C)OC. The van der Waals surface area contributed by atoms with Gasteiger partial charge in [-0.1, -0.05) is 6.07 Å². The maximum absolute atomic E-state index is 12.1. The lowest BCUT2D eigenvalue weighted by Crippen LogP contribution is -2.21. The van der Waals surface area contributed by atoms with Gasteiger partial charge >= 0.3 is 0 Å². The minimum absolute atomic E-state index is 0.0446. The number of carbonyl (C=O) groups excluding carboxylic acids is 1. The molecule has 0 saturated carbocycles. The van der Waals surface area contributed by atoms with Crippen LogP contribution in [0.5, 0.6) is 5.75 Å². The molecule has 0 heterocycles. The van der Waals surface area contributed by atoms with Crippen molar-refractivity contribution in [1.29, 1.82) is 0 Å². The summed E-state index contributed by atoms with van der Waals surface area (Å²) in [4.78, 5) is 12.1. The quantitative estimate of drug-likeness (QED) is 0.734. The van der Waals surface area contributed by atoms with Crippen LogP contribution in [0.4, 0.5) is 0 Å². The molecule has 0 amide bonds. The van der Waals surface area contributed by atoms with Crippen molar-refractivity contribution in [3.63, 3.8) is 0 Å². The molecule has 0 spiro atoms. The smallest absolute Gasteiger partial charge is 0.195 e. The Morgan fingerprint density at radius 1 is 1.25 bits per heavy atom. The number of benzene rings is 1. The van der Waals surface area contributed by atoms with Crippen molar-refractivity contribution in [3.8, 4) is 5.75 Å². The highest BCUT2D eigenvalue weighted by molar-refractivity contribution is 6.03. The lowest BCUT2D eigenvalue weighted by Gasteiger charge is -2.15. The molecule has 1 atom stereocenters. The van der Waals surface area contributed by atoms with Crippen molar-refractivity contribution < 1.29 is 14.3 Å². The molecule has 3 heteroatoms. The van der Waals surface area contributed by atoms with E-state index in [0.717, 1.165) is 11.1 Å². The molecule has 0 fully saturated rings. The van der Waals surface area contributed by atoms with Crippen LogP contribution in [-0.2, 0) is 4.74 Å². The van der Waals surface area contributed by atoms with E-state index >= 15 is 0 Å². The number of Topliss-reactive ketones (excluding diaryl/α,β-unsaturated/α-hetero) is 1. The van der Waals surface area contributed by atoms with Gasteiger partial charge in [-0.15, -0.1) is 0 Å². The molecule has 1 aromatic carbocycles. The number of ether oxygens (including phenoxy) is 2. The zero-order valence-corrected chi connectivity index (χ0v) is 10.5. The van der Waals surface area contributed by atoms with Crippen molar-refractivity contribution in [2.45, 2.75) is 26.9 Å². The van der Waals surface area contributed by atoms with Crippen LogP contribution in [0.3, 0.4) is 0 Å². The number of ketones is 1. The molecule has 3 nitrogen and oxygen atoms in total. The largest absolute Gasteiger partial charge is 0.496 e. The number of carbonyl (C=O) groups is 1. The monoisotopic (exact) mass is 222 g/mol. The van der Waals surface area contributed by atoms with Crippen LogP contribution in [0.2, 0.25) is 0 Å². The Balaban J connectivity index is 3.26. The van der Waals surface area contributed by atoms with Crippen LogP contribution < -0.4 is 4.74 Å². The summed E-state index contributed by atoms with van der Waals surface area (Å²) >= 11 is 0. The van der Waals surface area contributed by atoms with Gasteiger partial charge in [-0.2, -0.15) is 0 Å². The number of rotatable bonds is 4. The lowest BCUT2D eigenvalue weighted by atomic mass is 9.98. The van der Waals surface area contributed by atoms with Gasteiger partial charge in [0.25, 0.3) is 0 Å². The van der Waals surface area contributed by atoms with E-state index in [1.165, 1.54) is 7.11 Å². The highest BCUT2D eigenvalue weighted by Crippen LogP contribution is 2.25. The van der Waals surface area contributed by atoms with Crippen molar-refractivity contribution in [3.05, 3.63) is 28.8 Å². The highest BCUT2D eigenvalue weighted by atomic mass is 16.5. The van der Waals surface area contributed by atoms with Gasteiger partial charge in [0, 0.05) is 7.11 Å². The van der Waals surface area contributed by atoms with Crippen molar-refractivity contribution >= 4 is 5.78 Å². The zero-order valence-electron chi connectivity index (χ0n) is 10.5. The van der Waals surface area contributed by atoms with Crippen LogP contribution in [0.25, 0.3) is 0 Å². The predicted molar refractivity (Wildman–Crippen MR) is 63.3 cm³/mol. The van der Waals surface area contributed by atoms with Gasteiger partial charge in [0.2, 0.25) is 0 Å². The molecule has 0 aliphatic rings. The van der Waals surface area contributed by atoms with Crippen molar-refractivity contribution in [1.82, 2.24) is 0 Å². The second-order valence-electron chi connectivity index (χ2n) is 3.90. The minimum Gasteiger partial charge on any atom is -0.496 e. The van der Waals surface area contributed by atoms with E-state index < -0.39 is 6.10 Å². The number of hydrogen-bond acceptors (Lipinski definition) is 3. The first-order chi connectivity index (χ1) is 7.51. The molecular formula is C13H18O3. The van der Waals surface area contributed by atoms with Crippen LogP contribution in [-0.4, -0.2) is 26.1 Å². The molecule has 0 aromatic heterocycles. The normalized spacial score (nSPS) is 12.3. The first kappa shape index (κ1) is 12.7. The van der Waals surface area contributed by atoms with Crippen LogP contribution in [0.15, 0.2) is 12.1 Å². The van der Waals surface area contributed by atoms with E-state index in [2.05, 4.69) is 0 Å². The van der Waals surface area contributed by atoms with Crippen LogP contribution in [0, 0.1) is 13.8 Å². The molecule has 0 bridgehead atoms. The van der Waals surface area contributed by atoms with Gasteiger partial charge in [0.05, 0.1) is 12.7 Å². The van der Waals surface area contributed by atoms with Gasteiger partial charge in [-0.25, -0.2) is 0 Å². The van der Waals surface area contributed by atoms with Gasteiger partial charge in [0.15, 0.2) is 5.78 Å². The third-order valence-electron chi connectivity index (χ3n) is 2.63. The standard InChI is InChI=1S/C13H18O3/c1-8-6-9(2)12(11(7-8)16-5)13(14)10(3)15-4/h6-7,10H,1-5H3. The predicted octanol–water partition coefficient (Wildman–Crippen LogP) is 2.53. The van der Waals surface area contributed by atoms with E-state index in [9.17, 15) is 4.79 Å². The molecule has 88 valence electrons. The molecule has 0 aliphatic heterocycles. The Morgan fingerprint density at radius 3 is 2.38 bits per heavy atom. The lowest BCUT2D eigenvalue weighted by molar-refractivity contribution is 0.0652. The Kier molecular flexibility index (Phi) is 4.07. The fourth-order valence-corrected chi connectivity index (χ4v) is 1.72. The summed E-state index contributed by atoms with van der Waals surface area (Å²) in [5.41, 5.74) is 2.61. The Bertz CT molecular complexity index is 396. The van der Waals surface area contributed by atoms with Crippen molar-refractivity contribution in [2.24, 2.45) is 0 Å². The Morgan fingerprint density at radius 2 is 1.88 bits per heavy atom. The molecule has 0 radical (unpaired) electrons. The molecule has 1 unspecified atom stereocenters. The molecule has 0 saturated heterocycles. The van der Waals surface area contributed by atoms with E-state index in [-0.39, 0.29) is 5.78 Å². The Hall–Kier alpha value is -1.35. The minimum atomic E-state index is -0.449. The maximum atomic E-state index is 12.1. The second kappa shape index (κ2) is 5.12. The average molecular weight is 222 g/mol. The fraction of sp³-hybridized carbons (Fsp3) is 0.462. The third-order valence-corrected chi connectivity index (χ3v) is 2.63.